The molecule has 1 heterocycles. The number of hydrogen-bond donors (Lipinski definition) is 2. The molecule has 0 fully saturated rings. The number of H-pyrrole nitrogens is 1. The predicted molar refractivity (Wildman–Crippen MR) is 85.6 cm³/mol. The minimum atomic E-state index is -0.273. The summed E-state index contributed by atoms with van der Waals surface area (Å²) in [6.07, 6.45) is 5.15. The summed E-state index contributed by atoms with van der Waals surface area (Å²) in [6, 6.07) is 6.12. The molecule has 7 heteroatoms. The Hall–Kier alpha value is -2.41. The average molecular weight is 318 g/mol. The second kappa shape index (κ2) is 8.14. The predicted octanol–water partition coefficient (Wildman–Crippen LogP) is 2.51. The highest BCUT2D eigenvalue weighted by atomic mass is 32.2. The largest absolute Gasteiger partial charge is 0.352 e. The Labute approximate surface area is 131 Å². The summed E-state index contributed by atoms with van der Waals surface area (Å²) in [5.74, 6) is 0.439. The van der Waals surface area contributed by atoms with Gasteiger partial charge in [0.25, 0.3) is 0 Å². The molecule has 0 spiro atoms. The molecule has 0 unspecified atom stereocenters. The third-order valence-corrected chi connectivity index (χ3v) is 3.41. The van der Waals surface area contributed by atoms with Crippen LogP contribution in [0.4, 0.5) is 4.39 Å². The fourth-order valence-corrected chi connectivity index (χ4v) is 2.15. The van der Waals surface area contributed by atoms with Gasteiger partial charge in [-0.1, -0.05) is 36.0 Å². The van der Waals surface area contributed by atoms with Crippen LogP contribution in [0.25, 0.3) is 12.2 Å². The lowest BCUT2D eigenvalue weighted by molar-refractivity contribution is -0.118. The first-order valence-corrected chi connectivity index (χ1v) is 7.52. The molecule has 1 aromatic heterocycles. The molecule has 2 N–H and O–H groups in total. The van der Waals surface area contributed by atoms with Gasteiger partial charge in [-0.05, 0) is 23.8 Å². The van der Waals surface area contributed by atoms with Gasteiger partial charge in [-0.3, -0.25) is 9.89 Å². The second-order valence-corrected chi connectivity index (χ2v) is 5.21. The molecule has 0 saturated carbocycles. The van der Waals surface area contributed by atoms with Crippen molar-refractivity contribution in [2.45, 2.75) is 5.16 Å². The van der Waals surface area contributed by atoms with Crippen molar-refractivity contribution in [2.75, 3.05) is 12.3 Å². The Balaban J connectivity index is 1.87. The molecule has 1 amide bonds. The topological polar surface area (TPSA) is 70.7 Å². The van der Waals surface area contributed by atoms with E-state index in [1.165, 1.54) is 23.9 Å². The maximum Gasteiger partial charge on any atom is 0.230 e. The Morgan fingerprint density at radius 2 is 2.14 bits per heavy atom. The zero-order valence-corrected chi connectivity index (χ0v) is 12.6. The van der Waals surface area contributed by atoms with Gasteiger partial charge in [0.05, 0.1) is 5.75 Å². The number of hydrogen-bond acceptors (Lipinski definition) is 4. The van der Waals surface area contributed by atoms with Gasteiger partial charge in [0.1, 0.15) is 11.6 Å². The number of carbonyl (C=O) groups is 1. The fraction of sp³-hybridized carbons (Fsp3) is 0.133. The quantitative estimate of drug-likeness (QED) is 0.608. The number of nitrogens with zero attached hydrogens (tertiary/aromatic N) is 2. The van der Waals surface area contributed by atoms with Crippen molar-refractivity contribution in [3.05, 3.63) is 54.1 Å². The first kappa shape index (κ1) is 16.0. The third kappa shape index (κ3) is 5.17. The van der Waals surface area contributed by atoms with Crippen LogP contribution in [0.3, 0.4) is 0 Å². The number of nitrogens with one attached hydrogen (secondary N) is 2. The number of rotatable bonds is 7. The van der Waals surface area contributed by atoms with Crippen LogP contribution in [-0.2, 0) is 4.79 Å². The van der Waals surface area contributed by atoms with Gasteiger partial charge in [0.2, 0.25) is 11.1 Å². The number of carbonyl (C=O) groups excluding carboxylic acids is 1. The summed E-state index contributed by atoms with van der Waals surface area (Å²) in [6.45, 7) is 3.97. The molecule has 114 valence electrons. The van der Waals surface area contributed by atoms with E-state index in [1.807, 2.05) is 0 Å². The third-order valence-electron chi connectivity index (χ3n) is 2.56. The lowest BCUT2D eigenvalue weighted by atomic mass is 10.2. The van der Waals surface area contributed by atoms with E-state index >= 15 is 0 Å². The molecule has 0 aliphatic carbocycles. The summed E-state index contributed by atoms with van der Waals surface area (Å²) in [5, 5.41) is 9.94. The molecule has 0 aliphatic heterocycles. The molecule has 0 saturated heterocycles. The number of aromatic amines is 1. The van der Waals surface area contributed by atoms with Gasteiger partial charge >= 0.3 is 0 Å². The van der Waals surface area contributed by atoms with Crippen LogP contribution < -0.4 is 5.32 Å². The molecular weight excluding hydrogens is 303 g/mol. The number of aromatic nitrogens is 3. The van der Waals surface area contributed by atoms with Crippen LogP contribution >= 0.6 is 11.8 Å². The van der Waals surface area contributed by atoms with Gasteiger partial charge in [0, 0.05) is 6.54 Å². The van der Waals surface area contributed by atoms with E-state index in [0.717, 1.165) is 5.56 Å². The molecule has 0 atom stereocenters. The number of thioether (sulfide) groups is 1. The minimum absolute atomic E-state index is 0.0990. The van der Waals surface area contributed by atoms with Crippen molar-refractivity contribution < 1.29 is 9.18 Å². The van der Waals surface area contributed by atoms with Gasteiger partial charge in [-0.25, -0.2) is 9.37 Å². The van der Waals surface area contributed by atoms with Gasteiger partial charge in [-0.15, -0.1) is 11.7 Å². The maximum absolute atomic E-state index is 12.8. The molecule has 0 bridgehead atoms. The van der Waals surface area contributed by atoms with E-state index in [-0.39, 0.29) is 17.5 Å². The van der Waals surface area contributed by atoms with Gasteiger partial charge in [0.15, 0.2) is 0 Å². The summed E-state index contributed by atoms with van der Waals surface area (Å²) in [4.78, 5) is 15.7. The highest BCUT2D eigenvalue weighted by Crippen LogP contribution is 2.13. The van der Waals surface area contributed by atoms with E-state index in [1.54, 1.807) is 30.4 Å². The standard InChI is InChI=1S/C15H15FN4OS/c1-2-9-17-14(21)10-22-15-18-13(19-20-15)8-5-11-3-6-12(16)7-4-11/h2-8H,1,9-10H2,(H,17,21)(H,18,19,20)/b8-5+. The monoisotopic (exact) mass is 318 g/mol. The zero-order chi connectivity index (χ0) is 15.8. The summed E-state index contributed by atoms with van der Waals surface area (Å²) >= 11 is 1.24. The zero-order valence-electron chi connectivity index (χ0n) is 11.8. The van der Waals surface area contributed by atoms with Crippen molar-refractivity contribution in [1.29, 1.82) is 0 Å². The highest BCUT2D eigenvalue weighted by Gasteiger charge is 2.05. The van der Waals surface area contributed by atoms with Crippen molar-refractivity contribution in [1.82, 2.24) is 20.5 Å². The van der Waals surface area contributed by atoms with E-state index in [0.29, 0.717) is 17.5 Å². The Kier molecular flexibility index (Phi) is 5.91. The first-order chi connectivity index (χ1) is 10.7. The van der Waals surface area contributed by atoms with Crippen LogP contribution in [0.15, 0.2) is 42.1 Å². The van der Waals surface area contributed by atoms with Crippen LogP contribution in [0.5, 0.6) is 0 Å². The maximum atomic E-state index is 12.8. The van der Waals surface area contributed by atoms with Crippen LogP contribution in [0.2, 0.25) is 0 Å². The van der Waals surface area contributed by atoms with E-state index in [9.17, 15) is 9.18 Å². The van der Waals surface area contributed by atoms with E-state index in [2.05, 4.69) is 27.1 Å². The number of benzene rings is 1. The van der Waals surface area contributed by atoms with Crippen LogP contribution in [0.1, 0.15) is 11.4 Å². The molecule has 2 aromatic rings. The molecule has 0 radical (unpaired) electrons. The van der Waals surface area contributed by atoms with E-state index in [4.69, 9.17) is 0 Å². The number of amides is 1. The first-order valence-electron chi connectivity index (χ1n) is 6.54. The second-order valence-electron chi connectivity index (χ2n) is 4.27. The SMILES string of the molecule is C=CCNC(=O)CSc1n[nH]c(/C=C/c2ccc(F)cc2)n1. The number of halogens is 1. The molecular formula is C15H15FN4OS. The van der Waals surface area contributed by atoms with Crippen molar-refractivity contribution in [3.63, 3.8) is 0 Å². The molecule has 5 nitrogen and oxygen atoms in total. The summed E-state index contributed by atoms with van der Waals surface area (Å²) in [7, 11) is 0. The lowest BCUT2D eigenvalue weighted by Crippen LogP contribution is -2.24. The summed E-state index contributed by atoms with van der Waals surface area (Å²) < 4.78 is 12.8. The molecule has 1 aromatic carbocycles. The lowest BCUT2D eigenvalue weighted by Gasteiger charge is -1.98. The van der Waals surface area contributed by atoms with Crippen LogP contribution in [0, 0.1) is 5.82 Å². The smallest absolute Gasteiger partial charge is 0.230 e. The molecule has 0 aliphatic rings. The average Bonchev–Trinajstić information content (AvgIpc) is 2.98. The highest BCUT2D eigenvalue weighted by molar-refractivity contribution is 7.99. The van der Waals surface area contributed by atoms with Crippen molar-refractivity contribution in [3.8, 4) is 0 Å². The van der Waals surface area contributed by atoms with Crippen molar-refractivity contribution >= 4 is 29.8 Å². The van der Waals surface area contributed by atoms with E-state index < -0.39 is 0 Å². The normalized spacial score (nSPS) is 10.8. The Bertz CT molecular complexity index is 666. The summed E-state index contributed by atoms with van der Waals surface area (Å²) in [5.41, 5.74) is 0.857. The fourth-order valence-electron chi connectivity index (χ4n) is 1.51. The van der Waals surface area contributed by atoms with Gasteiger partial charge < -0.3 is 5.32 Å². The Morgan fingerprint density at radius 3 is 2.86 bits per heavy atom. The minimum Gasteiger partial charge on any atom is -0.352 e. The molecule has 2 rings (SSSR count). The van der Waals surface area contributed by atoms with Crippen LogP contribution in [-0.4, -0.2) is 33.4 Å². The van der Waals surface area contributed by atoms with Crippen molar-refractivity contribution in [2.24, 2.45) is 0 Å². The Morgan fingerprint density at radius 1 is 1.36 bits per heavy atom. The van der Waals surface area contributed by atoms with Gasteiger partial charge in [-0.2, -0.15) is 0 Å². The molecule has 22 heavy (non-hydrogen) atoms.